The average molecular weight is 688 g/mol. The molecule has 40 heavy (non-hydrogen) atoms. The third kappa shape index (κ3) is 4.84. The van der Waals surface area contributed by atoms with E-state index in [1.54, 1.807) is 34.8 Å². The molecule has 7 nitrogen and oxygen atoms in total. The number of allylic oxidation sites excluding steroid dienone is 1. The van der Waals surface area contributed by atoms with E-state index in [2.05, 4.69) is 0 Å². The number of hydrogen-bond donors (Lipinski definition) is 1. The van der Waals surface area contributed by atoms with Gasteiger partial charge in [0, 0.05) is 29.2 Å². The number of aromatic hydroxyl groups is 1. The number of aromatic nitrogens is 1. The summed E-state index contributed by atoms with van der Waals surface area (Å²) in [6.45, 7) is 6.70. The normalized spacial score (nSPS) is 15.2. The number of phenols is 1. The fourth-order valence-electron chi connectivity index (χ4n) is 5.12. The van der Waals surface area contributed by atoms with Crippen molar-refractivity contribution in [3.8, 4) is 11.5 Å². The standard InChI is InChI=1S/C30H27ClIN3O4S/c1-5-34(6-2)29(38)24-16(3)33-30-35(26(24)25-20-10-8-7-9-17(20)11-12-22(25)39-4)28(37)23(40-30)14-18-13-19(31)15-21(32)27(18)36/h7-15,26,36H,5-6H2,1-4H3/b23-14+/t26-/m1/s1. The zero-order valence-corrected chi connectivity index (χ0v) is 26.1. The summed E-state index contributed by atoms with van der Waals surface area (Å²) in [6, 6.07) is 14.2. The van der Waals surface area contributed by atoms with Gasteiger partial charge in [-0.15, -0.1) is 0 Å². The molecule has 1 aliphatic heterocycles. The number of thiazole rings is 1. The lowest BCUT2D eigenvalue weighted by Crippen LogP contribution is -2.43. The van der Waals surface area contributed by atoms with E-state index in [0.717, 1.165) is 16.3 Å². The average Bonchev–Trinajstić information content (AvgIpc) is 3.24. The lowest BCUT2D eigenvalue weighted by atomic mass is 9.90. The maximum Gasteiger partial charge on any atom is 0.271 e. The van der Waals surface area contributed by atoms with Crippen LogP contribution in [-0.4, -0.2) is 40.7 Å². The van der Waals surface area contributed by atoms with Crippen molar-refractivity contribution in [2.75, 3.05) is 20.2 Å². The minimum Gasteiger partial charge on any atom is -0.506 e. The minimum atomic E-state index is -0.777. The molecule has 1 N–H and O–H groups in total. The number of rotatable bonds is 6. The van der Waals surface area contributed by atoms with Crippen molar-refractivity contribution in [3.05, 3.63) is 99.2 Å². The Bertz CT molecular complexity index is 1870. The molecule has 3 aromatic carbocycles. The number of carbonyl (C=O) groups is 1. The van der Waals surface area contributed by atoms with Gasteiger partial charge in [-0.25, -0.2) is 4.99 Å². The van der Waals surface area contributed by atoms with Gasteiger partial charge in [-0.3, -0.25) is 14.2 Å². The van der Waals surface area contributed by atoms with Gasteiger partial charge in [0.25, 0.3) is 11.5 Å². The molecule has 1 aromatic heterocycles. The second-order valence-electron chi connectivity index (χ2n) is 9.29. The molecule has 0 bridgehead atoms. The highest BCUT2D eigenvalue weighted by atomic mass is 127. The Balaban J connectivity index is 1.87. The lowest BCUT2D eigenvalue weighted by molar-refractivity contribution is -0.127. The molecular weight excluding hydrogens is 661 g/mol. The maximum absolute atomic E-state index is 14.2. The van der Waals surface area contributed by atoms with Gasteiger partial charge in [0.2, 0.25) is 0 Å². The number of amides is 1. The Kier molecular flexibility index (Phi) is 8.08. The number of hydrogen-bond acceptors (Lipinski definition) is 6. The van der Waals surface area contributed by atoms with Crippen LogP contribution in [0.5, 0.6) is 11.5 Å². The third-order valence-electron chi connectivity index (χ3n) is 7.07. The first-order valence-corrected chi connectivity index (χ1v) is 15.0. The minimum absolute atomic E-state index is 0.0386. The Morgan fingerprint density at radius 1 is 1.23 bits per heavy atom. The molecule has 0 radical (unpaired) electrons. The molecule has 0 saturated heterocycles. The van der Waals surface area contributed by atoms with Gasteiger partial charge in [-0.05, 0) is 78.4 Å². The molecule has 0 saturated carbocycles. The molecule has 10 heteroatoms. The number of benzene rings is 3. The Morgan fingerprint density at radius 3 is 2.65 bits per heavy atom. The number of carbonyl (C=O) groups excluding carboxylic acids is 1. The maximum atomic E-state index is 14.2. The van der Waals surface area contributed by atoms with Crippen LogP contribution in [0.3, 0.4) is 0 Å². The third-order valence-corrected chi connectivity index (χ3v) is 9.09. The Labute approximate surface area is 253 Å². The first-order chi connectivity index (χ1) is 19.2. The van der Waals surface area contributed by atoms with E-state index in [9.17, 15) is 14.7 Å². The van der Waals surface area contributed by atoms with Crippen LogP contribution < -0.4 is 19.6 Å². The first kappa shape index (κ1) is 28.4. The van der Waals surface area contributed by atoms with Crippen molar-refractivity contribution in [2.24, 2.45) is 4.99 Å². The van der Waals surface area contributed by atoms with E-state index in [4.69, 9.17) is 21.3 Å². The number of halogens is 2. The predicted octanol–water partition coefficient (Wildman–Crippen LogP) is 5.23. The highest BCUT2D eigenvalue weighted by Crippen LogP contribution is 2.40. The summed E-state index contributed by atoms with van der Waals surface area (Å²) in [4.78, 5) is 35.2. The van der Waals surface area contributed by atoms with E-state index in [0.29, 0.717) is 53.6 Å². The fraction of sp³-hybridized carbons (Fsp3) is 0.233. The molecule has 1 amide bonds. The van der Waals surface area contributed by atoms with Crippen molar-refractivity contribution >= 4 is 68.3 Å². The number of nitrogens with zero attached hydrogens (tertiary/aromatic N) is 3. The lowest BCUT2D eigenvalue weighted by Gasteiger charge is -2.30. The van der Waals surface area contributed by atoms with E-state index in [1.165, 1.54) is 11.3 Å². The molecule has 4 aromatic rings. The van der Waals surface area contributed by atoms with E-state index in [1.807, 2.05) is 79.8 Å². The monoisotopic (exact) mass is 687 g/mol. The van der Waals surface area contributed by atoms with E-state index >= 15 is 0 Å². The topological polar surface area (TPSA) is 84.1 Å². The van der Waals surface area contributed by atoms with Crippen molar-refractivity contribution < 1.29 is 14.6 Å². The van der Waals surface area contributed by atoms with Crippen molar-refractivity contribution in [1.82, 2.24) is 9.47 Å². The van der Waals surface area contributed by atoms with E-state index < -0.39 is 6.04 Å². The second-order valence-corrected chi connectivity index (χ2v) is 11.9. The van der Waals surface area contributed by atoms with Crippen LogP contribution in [0.2, 0.25) is 5.02 Å². The van der Waals surface area contributed by atoms with Crippen LogP contribution in [0.15, 0.2) is 69.6 Å². The van der Waals surface area contributed by atoms with Crippen LogP contribution >= 0.6 is 45.5 Å². The first-order valence-electron chi connectivity index (χ1n) is 12.8. The van der Waals surface area contributed by atoms with Gasteiger partial charge < -0.3 is 14.7 Å². The zero-order chi connectivity index (χ0) is 28.7. The van der Waals surface area contributed by atoms with Crippen molar-refractivity contribution in [3.63, 3.8) is 0 Å². The van der Waals surface area contributed by atoms with Gasteiger partial charge in [0.05, 0.1) is 26.5 Å². The summed E-state index contributed by atoms with van der Waals surface area (Å²) >= 11 is 9.46. The number of phenolic OH excluding ortho intramolecular Hbond substituents is 1. The Morgan fingerprint density at radius 2 is 1.95 bits per heavy atom. The fourth-order valence-corrected chi connectivity index (χ4v) is 7.22. The molecule has 2 heterocycles. The molecule has 5 rings (SSSR count). The number of likely N-dealkylation sites (N-methyl/N-ethyl adjacent to an activating group) is 1. The van der Waals surface area contributed by atoms with Gasteiger partial charge in [0.1, 0.15) is 17.5 Å². The second kappa shape index (κ2) is 11.4. The van der Waals surface area contributed by atoms with Gasteiger partial charge in [-0.1, -0.05) is 53.3 Å². The summed E-state index contributed by atoms with van der Waals surface area (Å²) in [5.74, 6) is 0.430. The predicted molar refractivity (Wildman–Crippen MR) is 168 cm³/mol. The molecular formula is C30H27ClIN3O4S. The van der Waals surface area contributed by atoms with E-state index in [-0.39, 0.29) is 17.2 Å². The quantitative estimate of drug-likeness (QED) is 0.282. The summed E-state index contributed by atoms with van der Waals surface area (Å²) in [5, 5.41) is 13.0. The summed E-state index contributed by atoms with van der Waals surface area (Å²) in [6.07, 6.45) is 1.62. The van der Waals surface area contributed by atoms with Crippen LogP contribution in [-0.2, 0) is 4.79 Å². The molecule has 0 spiro atoms. The summed E-state index contributed by atoms with van der Waals surface area (Å²) < 4.78 is 8.35. The SMILES string of the molecule is CCN(CC)C(=O)C1=C(C)N=c2s/c(=C/c3cc(Cl)cc(I)c3O)c(=O)n2[C@H]1c1c(OC)ccc2ccccc12. The van der Waals surface area contributed by atoms with Gasteiger partial charge in [0.15, 0.2) is 4.80 Å². The van der Waals surface area contributed by atoms with Crippen LogP contribution in [0.25, 0.3) is 16.8 Å². The molecule has 1 atom stereocenters. The summed E-state index contributed by atoms with van der Waals surface area (Å²) in [7, 11) is 1.59. The Hall–Kier alpha value is -3.15. The molecule has 0 fully saturated rings. The number of fused-ring (bicyclic) bond motifs is 2. The number of ether oxygens (including phenoxy) is 1. The van der Waals surface area contributed by atoms with Crippen LogP contribution in [0.4, 0.5) is 0 Å². The van der Waals surface area contributed by atoms with Gasteiger partial charge >= 0.3 is 0 Å². The van der Waals surface area contributed by atoms with Gasteiger partial charge in [-0.2, -0.15) is 0 Å². The van der Waals surface area contributed by atoms with Crippen molar-refractivity contribution in [2.45, 2.75) is 26.8 Å². The highest BCUT2D eigenvalue weighted by molar-refractivity contribution is 14.1. The number of methoxy groups -OCH3 is 1. The smallest absolute Gasteiger partial charge is 0.271 e. The zero-order valence-electron chi connectivity index (χ0n) is 22.4. The van der Waals surface area contributed by atoms with Crippen LogP contribution in [0, 0.1) is 3.57 Å². The molecule has 0 aliphatic carbocycles. The highest BCUT2D eigenvalue weighted by Gasteiger charge is 2.36. The summed E-state index contributed by atoms with van der Waals surface area (Å²) in [5.41, 5.74) is 1.80. The molecule has 1 aliphatic rings. The van der Waals surface area contributed by atoms with Crippen molar-refractivity contribution in [1.29, 1.82) is 0 Å². The molecule has 0 unspecified atom stereocenters. The largest absolute Gasteiger partial charge is 0.506 e. The van der Waals surface area contributed by atoms with Crippen LogP contribution in [0.1, 0.15) is 37.9 Å². The molecule has 206 valence electrons.